The zero-order valence-electron chi connectivity index (χ0n) is 16.7. The van der Waals surface area contributed by atoms with Crippen molar-refractivity contribution in [2.75, 3.05) is 11.9 Å². The molecule has 0 bridgehead atoms. The Morgan fingerprint density at radius 3 is 2.43 bits per heavy atom. The average molecular weight is 426 g/mol. The Morgan fingerprint density at radius 1 is 1.07 bits per heavy atom. The number of carbonyl (C=O) groups excluding carboxylic acids is 3. The molecule has 154 valence electrons. The Kier molecular flexibility index (Phi) is 6.32. The number of Topliss-reactive ketones (excluding diaryl/α,β-unsaturated/α-hetero) is 1. The molecule has 8 heteroatoms. The van der Waals surface area contributed by atoms with Crippen LogP contribution in [0.4, 0.5) is 5.69 Å². The molecule has 2 aromatic carbocycles. The highest BCUT2D eigenvalue weighted by Crippen LogP contribution is 2.20. The van der Waals surface area contributed by atoms with Gasteiger partial charge in [0.05, 0.1) is 22.6 Å². The summed E-state index contributed by atoms with van der Waals surface area (Å²) in [6.07, 6.45) is 0. The van der Waals surface area contributed by atoms with Crippen LogP contribution in [0.3, 0.4) is 0 Å². The predicted octanol–water partition coefficient (Wildman–Crippen LogP) is 3.82. The highest BCUT2D eigenvalue weighted by atomic mass is 35.5. The van der Waals surface area contributed by atoms with Crippen LogP contribution in [0.2, 0.25) is 5.02 Å². The van der Waals surface area contributed by atoms with Crippen LogP contribution in [0.1, 0.15) is 27.3 Å². The van der Waals surface area contributed by atoms with Gasteiger partial charge in [0.15, 0.2) is 6.61 Å². The zero-order chi connectivity index (χ0) is 21.8. The summed E-state index contributed by atoms with van der Waals surface area (Å²) in [7, 11) is 0. The average Bonchev–Trinajstić information content (AvgIpc) is 3.03. The van der Waals surface area contributed by atoms with E-state index in [0.29, 0.717) is 22.1 Å². The minimum Gasteiger partial charge on any atom is -0.450 e. The number of hydrogen-bond acceptors (Lipinski definition) is 5. The van der Waals surface area contributed by atoms with Crippen molar-refractivity contribution in [2.45, 2.75) is 20.8 Å². The van der Waals surface area contributed by atoms with E-state index in [-0.39, 0.29) is 5.56 Å². The monoisotopic (exact) mass is 425 g/mol. The Balaban J connectivity index is 1.66. The smallest absolute Gasteiger partial charge is 0.380 e. The molecule has 3 rings (SSSR count). The second-order valence-electron chi connectivity index (χ2n) is 6.71. The molecule has 0 aliphatic heterocycles. The van der Waals surface area contributed by atoms with E-state index in [1.807, 2.05) is 37.3 Å². The van der Waals surface area contributed by atoms with Crippen LogP contribution in [-0.2, 0) is 14.3 Å². The number of ketones is 1. The number of rotatable bonds is 6. The van der Waals surface area contributed by atoms with Crippen molar-refractivity contribution in [2.24, 2.45) is 0 Å². The third-order valence-electron chi connectivity index (χ3n) is 4.49. The molecule has 0 spiro atoms. The molecule has 0 radical (unpaired) electrons. The first-order valence-corrected chi connectivity index (χ1v) is 9.55. The first-order valence-electron chi connectivity index (χ1n) is 9.17. The van der Waals surface area contributed by atoms with E-state index in [1.54, 1.807) is 36.7 Å². The van der Waals surface area contributed by atoms with Crippen LogP contribution >= 0.6 is 11.6 Å². The van der Waals surface area contributed by atoms with Crippen molar-refractivity contribution in [3.63, 3.8) is 0 Å². The van der Waals surface area contributed by atoms with Crippen LogP contribution < -0.4 is 5.32 Å². The summed E-state index contributed by atoms with van der Waals surface area (Å²) >= 11 is 6.02. The lowest BCUT2D eigenvalue weighted by Gasteiger charge is -2.08. The first kappa shape index (κ1) is 21.3. The topological polar surface area (TPSA) is 90.3 Å². The van der Waals surface area contributed by atoms with Gasteiger partial charge in [0.25, 0.3) is 11.7 Å². The maximum atomic E-state index is 12.6. The summed E-state index contributed by atoms with van der Waals surface area (Å²) in [5.74, 6) is -2.55. The van der Waals surface area contributed by atoms with Crippen molar-refractivity contribution in [3.05, 3.63) is 76.1 Å². The lowest BCUT2D eigenvalue weighted by molar-refractivity contribution is -0.142. The van der Waals surface area contributed by atoms with Crippen LogP contribution in [0.5, 0.6) is 0 Å². The predicted molar refractivity (Wildman–Crippen MR) is 113 cm³/mol. The van der Waals surface area contributed by atoms with Gasteiger partial charge in [-0.25, -0.2) is 9.48 Å². The summed E-state index contributed by atoms with van der Waals surface area (Å²) < 4.78 is 6.49. The zero-order valence-corrected chi connectivity index (χ0v) is 17.5. The van der Waals surface area contributed by atoms with E-state index >= 15 is 0 Å². The SMILES string of the molecule is Cc1ccc(NC(=O)COC(=O)C(=O)c2c(C)nn(-c3ccccc3)c2C)cc1Cl. The van der Waals surface area contributed by atoms with Gasteiger partial charge in [-0.15, -0.1) is 0 Å². The van der Waals surface area contributed by atoms with Crippen molar-refractivity contribution in [1.29, 1.82) is 0 Å². The third-order valence-corrected chi connectivity index (χ3v) is 4.90. The Labute approximate surface area is 178 Å². The maximum absolute atomic E-state index is 12.6. The van der Waals surface area contributed by atoms with Gasteiger partial charge in [-0.1, -0.05) is 35.9 Å². The van der Waals surface area contributed by atoms with Crippen molar-refractivity contribution >= 4 is 34.9 Å². The number of nitrogens with zero attached hydrogens (tertiary/aromatic N) is 2. The third kappa shape index (κ3) is 4.58. The second kappa shape index (κ2) is 8.92. The standard InChI is InChI=1S/C22H20ClN3O4/c1-13-9-10-16(11-18(13)23)24-19(27)12-30-22(29)21(28)20-14(2)25-26(15(20)3)17-7-5-4-6-8-17/h4-11H,12H2,1-3H3,(H,24,27). The highest BCUT2D eigenvalue weighted by Gasteiger charge is 2.27. The van der Waals surface area contributed by atoms with Crippen molar-refractivity contribution in [3.8, 4) is 5.69 Å². The molecule has 1 amide bonds. The van der Waals surface area contributed by atoms with Gasteiger partial charge in [0.2, 0.25) is 0 Å². The summed E-state index contributed by atoms with van der Waals surface area (Å²) in [6, 6.07) is 14.3. The molecule has 0 unspecified atom stereocenters. The molecule has 0 aliphatic rings. The minimum atomic E-state index is -1.12. The van der Waals surface area contributed by atoms with Gasteiger partial charge in [-0.2, -0.15) is 5.10 Å². The summed E-state index contributed by atoms with van der Waals surface area (Å²) in [4.78, 5) is 36.9. The molecule has 0 atom stereocenters. The fourth-order valence-corrected chi connectivity index (χ4v) is 3.14. The molecule has 30 heavy (non-hydrogen) atoms. The van der Waals surface area contributed by atoms with Gasteiger partial charge in [0, 0.05) is 10.7 Å². The lowest BCUT2D eigenvalue weighted by Crippen LogP contribution is -2.25. The van der Waals surface area contributed by atoms with Crippen molar-refractivity contribution in [1.82, 2.24) is 9.78 Å². The molecular formula is C22H20ClN3O4. The number of halogens is 1. The largest absolute Gasteiger partial charge is 0.450 e. The number of para-hydroxylation sites is 1. The van der Waals surface area contributed by atoms with Gasteiger partial charge < -0.3 is 10.1 Å². The number of esters is 1. The lowest BCUT2D eigenvalue weighted by atomic mass is 10.1. The fourth-order valence-electron chi connectivity index (χ4n) is 2.96. The van der Waals surface area contributed by atoms with Gasteiger partial charge >= 0.3 is 5.97 Å². The van der Waals surface area contributed by atoms with Crippen LogP contribution in [0.25, 0.3) is 5.69 Å². The quantitative estimate of drug-likeness (QED) is 0.368. The van der Waals surface area contributed by atoms with E-state index in [2.05, 4.69) is 10.4 Å². The van der Waals surface area contributed by atoms with Crippen LogP contribution in [0, 0.1) is 20.8 Å². The fraction of sp³-hybridized carbons (Fsp3) is 0.182. The Morgan fingerprint density at radius 2 is 1.77 bits per heavy atom. The molecular weight excluding hydrogens is 406 g/mol. The summed E-state index contributed by atoms with van der Waals surface area (Å²) in [6.45, 7) is 4.58. The molecule has 1 N–H and O–H groups in total. The molecule has 3 aromatic rings. The molecule has 1 aromatic heterocycles. The van der Waals surface area contributed by atoms with Gasteiger partial charge in [-0.05, 0) is 50.6 Å². The molecule has 0 saturated heterocycles. The summed E-state index contributed by atoms with van der Waals surface area (Å²) in [5.41, 5.74) is 3.18. The Bertz CT molecular complexity index is 1120. The molecule has 1 heterocycles. The molecule has 7 nitrogen and oxygen atoms in total. The number of nitrogens with one attached hydrogen (secondary N) is 1. The summed E-state index contributed by atoms with van der Waals surface area (Å²) in [5, 5.41) is 7.41. The number of amides is 1. The number of aryl methyl sites for hydroxylation is 2. The normalized spacial score (nSPS) is 10.5. The number of carbonyl (C=O) groups is 3. The first-order chi connectivity index (χ1) is 14.3. The van der Waals surface area contributed by atoms with Crippen molar-refractivity contribution < 1.29 is 19.1 Å². The maximum Gasteiger partial charge on any atom is 0.380 e. The van der Waals surface area contributed by atoms with E-state index in [1.165, 1.54) is 0 Å². The van der Waals surface area contributed by atoms with E-state index < -0.39 is 24.3 Å². The Hall–Kier alpha value is -3.45. The van der Waals surface area contributed by atoms with Gasteiger partial charge in [0.1, 0.15) is 0 Å². The van der Waals surface area contributed by atoms with Gasteiger partial charge in [-0.3, -0.25) is 9.59 Å². The number of anilines is 1. The minimum absolute atomic E-state index is 0.162. The number of hydrogen-bond donors (Lipinski definition) is 1. The van der Waals surface area contributed by atoms with Crippen LogP contribution in [0.15, 0.2) is 48.5 Å². The van der Waals surface area contributed by atoms with E-state index in [4.69, 9.17) is 16.3 Å². The number of aromatic nitrogens is 2. The molecule has 0 fully saturated rings. The van der Waals surface area contributed by atoms with E-state index in [0.717, 1.165) is 11.3 Å². The second-order valence-corrected chi connectivity index (χ2v) is 7.12. The number of benzene rings is 2. The van der Waals surface area contributed by atoms with Crippen LogP contribution in [-0.4, -0.2) is 34.0 Å². The highest BCUT2D eigenvalue weighted by molar-refractivity contribution is 6.41. The molecule has 0 saturated carbocycles. The molecule has 0 aliphatic carbocycles. The van der Waals surface area contributed by atoms with E-state index in [9.17, 15) is 14.4 Å². The number of ether oxygens (including phenoxy) is 1.